The highest BCUT2D eigenvalue weighted by molar-refractivity contribution is 6.31. The third-order valence-electron chi connectivity index (χ3n) is 3.07. The van der Waals surface area contributed by atoms with Crippen molar-refractivity contribution in [3.63, 3.8) is 0 Å². The number of hydrogen-bond donors (Lipinski definition) is 2. The van der Waals surface area contributed by atoms with Gasteiger partial charge in [-0.2, -0.15) is 0 Å². The molecule has 0 unspecified atom stereocenters. The average Bonchev–Trinajstić information content (AvgIpc) is 2.48. The van der Waals surface area contributed by atoms with Crippen LogP contribution >= 0.6 is 23.2 Å². The summed E-state index contributed by atoms with van der Waals surface area (Å²) in [5.41, 5.74) is 1.05. The summed E-state index contributed by atoms with van der Waals surface area (Å²) in [5, 5.41) is 12.6. The van der Waals surface area contributed by atoms with E-state index in [-0.39, 0.29) is 23.6 Å². The van der Waals surface area contributed by atoms with E-state index in [4.69, 9.17) is 28.3 Å². The van der Waals surface area contributed by atoms with Gasteiger partial charge in [-0.1, -0.05) is 41.4 Å². The predicted molar refractivity (Wildman–Crippen MR) is 86.8 cm³/mol. The molecule has 0 atom stereocenters. The van der Waals surface area contributed by atoms with Crippen LogP contribution in [0.5, 0.6) is 0 Å². The van der Waals surface area contributed by atoms with Crippen LogP contribution in [0.2, 0.25) is 10.0 Å². The molecular formula is C16H13Cl2NO3. The standard InChI is InChI=1S/C16H13Cl2NO3/c17-11-6-7-14(12(9-11)16(21)22)19-15(20)8-5-10-3-1-2-4-13(10)18/h1-4,6-7,9H,5,8H2,(H,19,20)(H,21,22). The molecule has 0 heterocycles. The summed E-state index contributed by atoms with van der Waals surface area (Å²) in [6.45, 7) is 0. The summed E-state index contributed by atoms with van der Waals surface area (Å²) in [5.74, 6) is -1.44. The summed E-state index contributed by atoms with van der Waals surface area (Å²) in [6.07, 6.45) is 0.674. The molecule has 0 aliphatic rings. The number of amides is 1. The lowest BCUT2D eigenvalue weighted by molar-refractivity contribution is -0.116. The van der Waals surface area contributed by atoms with Crippen LogP contribution < -0.4 is 5.32 Å². The number of benzene rings is 2. The molecule has 2 rings (SSSR count). The Morgan fingerprint density at radius 2 is 1.82 bits per heavy atom. The third kappa shape index (κ3) is 4.23. The van der Waals surface area contributed by atoms with Crippen LogP contribution in [0, 0.1) is 0 Å². The zero-order valence-electron chi connectivity index (χ0n) is 11.5. The molecule has 0 aliphatic heterocycles. The monoisotopic (exact) mass is 337 g/mol. The molecule has 2 aromatic carbocycles. The van der Waals surface area contributed by atoms with E-state index in [0.29, 0.717) is 16.5 Å². The predicted octanol–water partition coefficient (Wildman–Crippen LogP) is 4.26. The van der Waals surface area contributed by atoms with Crippen molar-refractivity contribution < 1.29 is 14.7 Å². The van der Waals surface area contributed by atoms with Crippen molar-refractivity contribution in [3.8, 4) is 0 Å². The second-order valence-corrected chi connectivity index (χ2v) is 5.48. The Morgan fingerprint density at radius 3 is 2.50 bits per heavy atom. The number of nitrogens with one attached hydrogen (secondary N) is 1. The van der Waals surface area contributed by atoms with Crippen LogP contribution in [0.4, 0.5) is 5.69 Å². The first-order chi connectivity index (χ1) is 10.5. The molecule has 4 nitrogen and oxygen atoms in total. The molecule has 0 aliphatic carbocycles. The molecule has 114 valence electrons. The van der Waals surface area contributed by atoms with Gasteiger partial charge < -0.3 is 10.4 Å². The number of aromatic carboxylic acids is 1. The highest BCUT2D eigenvalue weighted by atomic mass is 35.5. The summed E-state index contributed by atoms with van der Waals surface area (Å²) >= 11 is 11.8. The van der Waals surface area contributed by atoms with E-state index in [1.807, 2.05) is 18.2 Å². The van der Waals surface area contributed by atoms with Gasteiger partial charge in [0.25, 0.3) is 0 Å². The Kier molecular flexibility index (Phi) is 5.41. The average molecular weight is 338 g/mol. The smallest absolute Gasteiger partial charge is 0.337 e. The molecule has 6 heteroatoms. The normalized spacial score (nSPS) is 10.3. The SMILES string of the molecule is O=C(CCc1ccccc1Cl)Nc1ccc(Cl)cc1C(=O)O. The second-order valence-electron chi connectivity index (χ2n) is 4.63. The van der Waals surface area contributed by atoms with E-state index >= 15 is 0 Å². The Hall–Kier alpha value is -2.04. The first kappa shape index (κ1) is 16.3. The van der Waals surface area contributed by atoms with Gasteiger partial charge in [0, 0.05) is 16.5 Å². The van der Waals surface area contributed by atoms with E-state index in [0.717, 1.165) is 5.56 Å². The maximum absolute atomic E-state index is 12.0. The van der Waals surface area contributed by atoms with Crippen molar-refractivity contribution in [3.05, 3.63) is 63.6 Å². The number of anilines is 1. The molecule has 2 N–H and O–H groups in total. The Labute approximate surface area is 137 Å². The first-order valence-corrected chi connectivity index (χ1v) is 7.29. The molecule has 22 heavy (non-hydrogen) atoms. The molecule has 0 spiro atoms. The summed E-state index contributed by atoms with van der Waals surface area (Å²) in [6, 6.07) is 11.6. The minimum Gasteiger partial charge on any atom is -0.478 e. The number of hydrogen-bond acceptors (Lipinski definition) is 2. The maximum Gasteiger partial charge on any atom is 0.337 e. The minimum absolute atomic E-state index is 0.0430. The van der Waals surface area contributed by atoms with E-state index in [1.165, 1.54) is 18.2 Å². The zero-order chi connectivity index (χ0) is 16.1. The molecule has 0 radical (unpaired) electrons. The van der Waals surface area contributed by atoms with Crippen LogP contribution in [0.25, 0.3) is 0 Å². The molecule has 2 aromatic rings. The molecule has 0 fully saturated rings. The van der Waals surface area contributed by atoms with E-state index in [1.54, 1.807) is 6.07 Å². The second kappa shape index (κ2) is 7.29. The van der Waals surface area contributed by atoms with Crippen molar-refractivity contribution in [1.29, 1.82) is 0 Å². The van der Waals surface area contributed by atoms with E-state index in [9.17, 15) is 9.59 Å². The van der Waals surface area contributed by atoms with Gasteiger partial charge in [-0.05, 0) is 36.2 Å². The molecule has 0 bridgehead atoms. The summed E-state index contributed by atoms with van der Waals surface area (Å²) < 4.78 is 0. The van der Waals surface area contributed by atoms with Crippen LogP contribution in [-0.2, 0) is 11.2 Å². The van der Waals surface area contributed by atoms with Crippen molar-refractivity contribution >= 4 is 40.8 Å². The molecule has 0 saturated carbocycles. The van der Waals surface area contributed by atoms with Crippen molar-refractivity contribution in [2.45, 2.75) is 12.8 Å². The highest BCUT2D eigenvalue weighted by Gasteiger charge is 2.13. The Bertz CT molecular complexity index is 716. The van der Waals surface area contributed by atoms with Gasteiger partial charge in [0.1, 0.15) is 0 Å². The van der Waals surface area contributed by atoms with Crippen molar-refractivity contribution in [2.75, 3.05) is 5.32 Å². The van der Waals surface area contributed by atoms with Crippen LogP contribution in [0.15, 0.2) is 42.5 Å². The van der Waals surface area contributed by atoms with Crippen LogP contribution in [0.3, 0.4) is 0 Å². The third-order valence-corrected chi connectivity index (χ3v) is 3.67. The summed E-state index contributed by atoms with van der Waals surface area (Å²) in [7, 11) is 0. The van der Waals surface area contributed by atoms with Gasteiger partial charge >= 0.3 is 5.97 Å². The molecule has 1 amide bonds. The van der Waals surface area contributed by atoms with Gasteiger partial charge in [0.15, 0.2) is 0 Å². The Balaban J connectivity index is 2.04. The number of aryl methyl sites for hydroxylation is 1. The van der Waals surface area contributed by atoms with Gasteiger partial charge in [-0.25, -0.2) is 4.79 Å². The van der Waals surface area contributed by atoms with Crippen molar-refractivity contribution in [2.24, 2.45) is 0 Å². The highest BCUT2D eigenvalue weighted by Crippen LogP contribution is 2.21. The molecular weight excluding hydrogens is 325 g/mol. The van der Waals surface area contributed by atoms with E-state index in [2.05, 4.69) is 5.32 Å². The number of carboxylic acids is 1. The Morgan fingerprint density at radius 1 is 1.09 bits per heavy atom. The summed E-state index contributed by atoms with van der Waals surface area (Å²) in [4.78, 5) is 23.1. The molecule has 0 saturated heterocycles. The first-order valence-electron chi connectivity index (χ1n) is 6.53. The molecule has 0 aromatic heterocycles. The number of carbonyl (C=O) groups excluding carboxylic acids is 1. The van der Waals surface area contributed by atoms with Gasteiger partial charge in [-0.15, -0.1) is 0 Å². The number of rotatable bonds is 5. The van der Waals surface area contributed by atoms with Crippen LogP contribution in [-0.4, -0.2) is 17.0 Å². The lowest BCUT2D eigenvalue weighted by Crippen LogP contribution is -2.15. The van der Waals surface area contributed by atoms with Crippen molar-refractivity contribution in [1.82, 2.24) is 0 Å². The lowest BCUT2D eigenvalue weighted by Gasteiger charge is -2.09. The number of carbonyl (C=O) groups is 2. The van der Waals surface area contributed by atoms with Gasteiger partial charge in [0.2, 0.25) is 5.91 Å². The topological polar surface area (TPSA) is 66.4 Å². The van der Waals surface area contributed by atoms with Gasteiger partial charge in [-0.3, -0.25) is 4.79 Å². The quantitative estimate of drug-likeness (QED) is 0.856. The van der Waals surface area contributed by atoms with E-state index < -0.39 is 5.97 Å². The zero-order valence-corrected chi connectivity index (χ0v) is 13.0. The largest absolute Gasteiger partial charge is 0.478 e. The number of halogens is 2. The fraction of sp³-hybridized carbons (Fsp3) is 0.125. The number of carboxylic acid groups (broad SMARTS) is 1. The van der Waals surface area contributed by atoms with Gasteiger partial charge in [0.05, 0.1) is 11.3 Å². The lowest BCUT2D eigenvalue weighted by atomic mass is 10.1. The fourth-order valence-corrected chi connectivity index (χ4v) is 2.37. The van der Waals surface area contributed by atoms with Crippen LogP contribution in [0.1, 0.15) is 22.3 Å². The minimum atomic E-state index is -1.15. The maximum atomic E-state index is 12.0. The fourth-order valence-electron chi connectivity index (χ4n) is 1.96.